The van der Waals surface area contributed by atoms with E-state index in [2.05, 4.69) is 11.0 Å². The smallest absolute Gasteiger partial charge is 0.0243 e. The van der Waals surface area contributed by atoms with Crippen LogP contribution >= 0.6 is 0 Å². The molecule has 0 fully saturated rings. The van der Waals surface area contributed by atoms with E-state index in [1.165, 1.54) is 0 Å². The molecule has 1 aliphatic carbocycles. The average Bonchev–Trinajstić information content (AvgIpc) is 2.58. The van der Waals surface area contributed by atoms with Crippen molar-refractivity contribution in [3.63, 3.8) is 0 Å². The first-order valence-corrected chi connectivity index (χ1v) is 7.56. The second-order valence-electron chi connectivity index (χ2n) is 6.05. The van der Waals surface area contributed by atoms with Crippen LogP contribution in [0, 0.1) is 0 Å². The van der Waals surface area contributed by atoms with Crippen LogP contribution in [0.5, 0.6) is 0 Å². The molecule has 3 rings (SSSR count). The van der Waals surface area contributed by atoms with Gasteiger partial charge in [-0.25, -0.2) is 0 Å². The Morgan fingerprint density at radius 3 is 2.00 bits per heavy atom. The van der Waals surface area contributed by atoms with Gasteiger partial charge in [-0.1, -0.05) is 68.3 Å². The maximum Gasteiger partial charge on any atom is 0.0243 e. The zero-order chi connectivity index (χ0) is 20.7. The Kier molecular flexibility index (Phi) is 2.43. The van der Waals surface area contributed by atoms with Crippen LogP contribution in [0.4, 0.5) is 0 Å². The van der Waals surface area contributed by atoms with Gasteiger partial charge >= 0.3 is 0 Å². The van der Waals surface area contributed by atoms with E-state index in [9.17, 15) is 0 Å². The summed E-state index contributed by atoms with van der Waals surface area (Å²) in [6.07, 6.45) is 2.86. The summed E-state index contributed by atoms with van der Waals surface area (Å²) in [4.78, 5) is 2.08. The Labute approximate surface area is 142 Å². The van der Waals surface area contributed by atoms with Gasteiger partial charge in [0.1, 0.15) is 0 Å². The summed E-state index contributed by atoms with van der Waals surface area (Å²) in [6, 6.07) is 14.1. The van der Waals surface area contributed by atoms with Gasteiger partial charge in [-0.05, 0) is 48.3 Å². The Bertz CT molecular complexity index is 827. The highest BCUT2D eigenvalue weighted by atomic mass is 15.0. The minimum atomic E-state index is -2.74. The molecule has 0 amide bonds. The number of benzene rings is 2. The predicted octanol–water partition coefficient (Wildman–Crippen LogP) is 4.71. The molecule has 1 nitrogen and oxygen atoms in total. The third-order valence-electron chi connectivity index (χ3n) is 4.17. The molecule has 0 heterocycles. The first-order valence-electron chi connectivity index (χ1n) is 10.6. The molecule has 0 aliphatic heterocycles. The standard InChI is InChI=1S/C21H25N/c1-21(2)19-13-7-5-10-17(19)16(12-9-15-22(3)4)18-11-6-8-14-20(18)21/h5-8,10-14H,9,15H2,1-4H3/i1D3,2D3. The van der Waals surface area contributed by atoms with Crippen molar-refractivity contribution in [2.24, 2.45) is 0 Å². The lowest BCUT2D eigenvalue weighted by molar-refractivity contribution is 0.417. The van der Waals surface area contributed by atoms with Crippen LogP contribution in [0.25, 0.3) is 5.57 Å². The fourth-order valence-corrected chi connectivity index (χ4v) is 3.07. The zero-order valence-corrected chi connectivity index (χ0v) is 13.1. The second-order valence-corrected chi connectivity index (χ2v) is 6.05. The van der Waals surface area contributed by atoms with E-state index in [0.29, 0.717) is 22.3 Å². The summed E-state index contributed by atoms with van der Waals surface area (Å²) >= 11 is 0. The molecular formula is C21H25N. The number of fused-ring (bicyclic) bond motifs is 2. The monoisotopic (exact) mass is 297 g/mol. The molecule has 0 radical (unpaired) electrons. The minimum Gasteiger partial charge on any atom is -0.309 e. The molecule has 0 saturated carbocycles. The van der Waals surface area contributed by atoms with Crippen molar-refractivity contribution in [3.05, 3.63) is 76.9 Å². The molecule has 2 aromatic rings. The minimum absolute atomic E-state index is 0.352. The molecule has 0 unspecified atom stereocenters. The molecule has 0 bridgehead atoms. The van der Waals surface area contributed by atoms with Crippen molar-refractivity contribution >= 4 is 5.57 Å². The van der Waals surface area contributed by atoms with Crippen LogP contribution in [0.15, 0.2) is 54.6 Å². The molecule has 22 heavy (non-hydrogen) atoms. The summed E-state index contributed by atoms with van der Waals surface area (Å²) < 4.78 is 49.8. The van der Waals surface area contributed by atoms with Crippen molar-refractivity contribution in [1.29, 1.82) is 0 Å². The fraction of sp³-hybridized carbons (Fsp3) is 0.333. The van der Waals surface area contributed by atoms with Crippen LogP contribution < -0.4 is 0 Å². The van der Waals surface area contributed by atoms with Gasteiger partial charge in [0.25, 0.3) is 0 Å². The van der Waals surface area contributed by atoms with Crippen molar-refractivity contribution in [2.75, 3.05) is 20.6 Å². The lowest BCUT2D eigenvalue weighted by atomic mass is 9.67. The van der Waals surface area contributed by atoms with E-state index in [4.69, 9.17) is 8.22 Å². The van der Waals surface area contributed by atoms with Crippen LogP contribution in [-0.4, -0.2) is 25.5 Å². The van der Waals surface area contributed by atoms with Crippen LogP contribution in [0.3, 0.4) is 0 Å². The Morgan fingerprint density at radius 1 is 0.955 bits per heavy atom. The maximum absolute atomic E-state index is 8.30. The molecule has 0 atom stereocenters. The highest BCUT2D eigenvalue weighted by molar-refractivity contribution is 5.87. The van der Waals surface area contributed by atoms with Crippen LogP contribution in [0.1, 0.15) is 50.6 Å². The number of rotatable bonds is 3. The predicted molar refractivity (Wildman–Crippen MR) is 95.3 cm³/mol. The van der Waals surface area contributed by atoms with Crippen molar-refractivity contribution in [3.8, 4) is 0 Å². The van der Waals surface area contributed by atoms with Gasteiger partial charge in [0.2, 0.25) is 0 Å². The topological polar surface area (TPSA) is 3.24 Å². The Hall–Kier alpha value is -1.86. The van der Waals surface area contributed by atoms with Crippen LogP contribution in [0.2, 0.25) is 0 Å². The quantitative estimate of drug-likeness (QED) is 0.793. The second kappa shape index (κ2) is 5.73. The van der Waals surface area contributed by atoms with E-state index in [1.54, 1.807) is 24.3 Å². The molecule has 0 spiro atoms. The van der Waals surface area contributed by atoms with Gasteiger partial charge in [0.05, 0.1) is 0 Å². The molecule has 0 saturated heterocycles. The van der Waals surface area contributed by atoms with E-state index in [-0.39, 0.29) is 0 Å². The highest BCUT2D eigenvalue weighted by Gasteiger charge is 2.33. The van der Waals surface area contributed by atoms with E-state index in [1.807, 2.05) is 38.4 Å². The summed E-state index contributed by atoms with van der Waals surface area (Å²) in [5.74, 6) is 0. The number of nitrogens with zero attached hydrogens (tertiary/aromatic N) is 1. The molecule has 0 aromatic heterocycles. The summed E-state index contributed by atoms with van der Waals surface area (Å²) in [5.41, 5.74) is 0.915. The summed E-state index contributed by atoms with van der Waals surface area (Å²) in [7, 11) is 3.99. The summed E-state index contributed by atoms with van der Waals surface area (Å²) in [5, 5.41) is 0. The van der Waals surface area contributed by atoms with E-state index in [0.717, 1.165) is 18.5 Å². The normalized spacial score (nSPS) is 20.6. The SMILES string of the molecule is [2H]C([2H])([2H])C1(C([2H])([2H])[2H])c2ccccc2C(=CCCN(C)C)c2ccccc21. The Balaban J connectivity index is 2.39. The highest BCUT2D eigenvalue weighted by Crippen LogP contribution is 2.46. The molecular weight excluding hydrogens is 266 g/mol. The fourth-order valence-electron chi connectivity index (χ4n) is 3.07. The van der Waals surface area contributed by atoms with E-state index >= 15 is 0 Å². The molecule has 2 aromatic carbocycles. The first-order chi connectivity index (χ1) is 13.0. The van der Waals surface area contributed by atoms with Gasteiger partial charge in [-0.2, -0.15) is 0 Å². The Morgan fingerprint density at radius 2 is 1.50 bits per heavy atom. The first kappa shape index (κ1) is 9.32. The number of hydrogen-bond acceptors (Lipinski definition) is 1. The lowest BCUT2D eigenvalue weighted by Crippen LogP contribution is -2.26. The maximum atomic E-state index is 8.30. The van der Waals surface area contributed by atoms with Gasteiger partial charge < -0.3 is 4.90 Å². The van der Waals surface area contributed by atoms with Crippen molar-refractivity contribution in [1.82, 2.24) is 4.90 Å². The number of hydrogen-bond donors (Lipinski definition) is 0. The average molecular weight is 297 g/mol. The van der Waals surface area contributed by atoms with Crippen LogP contribution in [-0.2, 0) is 5.41 Å². The van der Waals surface area contributed by atoms with Gasteiger partial charge in [0.15, 0.2) is 0 Å². The molecule has 0 N–H and O–H groups in total. The van der Waals surface area contributed by atoms with Gasteiger partial charge in [-0.15, -0.1) is 0 Å². The van der Waals surface area contributed by atoms with E-state index < -0.39 is 19.1 Å². The van der Waals surface area contributed by atoms with Gasteiger partial charge in [-0.3, -0.25) is 0 Å². The summed E-state index contributed by atoms with van der Waals surface area (Å²) in [6.45, 7) is -4.63. The molecule has 114 valence electrons. The van der Waals surface area contributed by atoms with Crippen molar-refractivity contribution < 1.29 is 8.22 Å². The zero-order valence-electron chi connectivity index (χ0n) is 19.1. The third-order valence-corrected chi connectivity index (χ3v) is 4.17. The molecule has 1 heteroatoms. The van der Waals surface area contributed by atoms with Gasteiger partial charge in [0, 0.05) is 20.2 Å². The third kappa shape index (κ3) is 2.50. The lowest BCUT2D eigenvalue weighted by Gasteiger charge is -2.36. The molecule has 1 aliphatic rings. The van der Waals surface area contributed by atoms with Crippen molar-refractivity contribution in [2.45, 2.75) is 25.5 Å². The largest absolute Gasteiger partial charge is 0.309 e.